The van der Waals surface area contributed by atoms with Crippen molar-refractivity contribution < 1.29 is 18.8 Å². The Morgan fingerprint density at radius 2 is 2.00 bits per heavy atom. The minimum Gasteiger partial charge on any atom is -0.379 e. The lowest BCUT2D eigenvalue weighted by Crippen LogP contribution is -2.45. The monoisotopic (exact) mass is 459 g/mol. The van der Waals surface area contributed by atoms with Crippen LogP contribution < -0.4 is 0 Å². The first-order chi connectivity index (χ1) is 14.8. The number of benzene rings is 1. The Labute approximate surface area is 187 Å². The van der Waals surface area contributed by atoms with Crippen molar-refractivity contribution in [3.8, 4) is 0 Å². The number of fused-ring (bicyclic) bond motifs is 1. The number of hydrogen-bond donors (Lipinski definition) is 2. The van der Waals surface area contributed by atoms with Gasteiger partial charge in [-0.25, -0.2) is 8.99 Å². The fourth-order valence-corrected chi connectivity index (χ4v) is 7.71. The molecule has 0 amide bonds. The van der Waals surface area contributed by atoms with Crippen molar-refractivity contribution in [1.82, 2.24) is 0 Å². The third-order valence-corrected chi connectivity index (χ3v) is 10.7. The molecule has 1 aliphatic heterocycles. The lowest BCUT2D eigenvalue weighted by Gasteiger charge is -2.35. The molecule has 2 N–H and O–H groups in total. The average Bonchev–Trinajstić information content (AvgIpc) is 3.33. The molecule has 7 heteroatoms. The van der Waals surface area contributed by atoms with Crippen LogP contribution >= 0.6 is 11.3 Å². The fourth-order valence-electron chi connectivity index (χ4n) is 4.94. The van der Waals surface area contributed by atoms with Crippen LogP contribution in [0.5, 0.6) is 0 Å². The van der Waals surface area contributed by atoms with Crippen LogP contribution in [-0.2, 0) is 50.5 Å². The average molecular weight is 460 g/mol. The van der Waals surface area contributed by atoms with Gasteiger partial charge in [-0.3, -0.25) is 4.79 Å². The summed E-state index contributed by atoms with van der Waals surface area (Å²) in [5.74, 6) is 0.323. The largest absolute Gasteiger partial charge is 0.379 e. The van der Waals surface area contributed by atoms with Crippen molar-refractivity contribution in [2.24, 2.45) is 5.92 Å². The zero-order valence-corrected chi connectivity index (χ0v) is 19.3. The predicted octanol–water partition coefficient (Wildman–Crippen LogP) is 4.01. The Hall–Kier alpha value is -1.54. The van der Waals surface area contributed by atoms with E-state index in [9.17, 15) is 14.1 Å². The van der Waals surface area contributed by atoms with Crippen LogP contribution in [0.25, 0.3) is 0 Å². The molecule has 1 saturated carbocycles. The molecular formula is C24H29NO4S2. The molecule has 5 nitrogen and oxygen atoms in total. The second kappa shape index (κ2) is 8.10. The first kappa shape index (κ1) is 21.3. The van der Waals surface area contributed by atoms with Crippen LogP contribution in [0.2, 0.25) is 0 Å². The van der Waals surface area contributed by atoms with E-state index in [0.29, 0.717) is 9.09 Å². The van der Waals surface area contributed by atoms with E-state index in [0.717, 1.165) is 37.2 Å². The molecule has 5 rings (SSSR count). The first-order valence-corrected chi connectivity index (χ1v) is 13.7. The third kappa shape index (κ3) is 4.13. The summed E-state index contributed by atoms with van der Waals surface area (Å²) in [5, 5.41) is 10.4. The number of ether oxygens (including phenoxy) is 1. The zero-order chi connectivity index (χ0) is 21.6. The number of carbonyl (C=O) groups excluding carboxylic acids is 1. The highest BCUT2D eigenvalue weighted by Gasteiger charge is 2.40. The predicted molar refractivity (Wildman–Crippen MR) is 121 cm³/mol. The number of aliphatic hydroxyl groups is 1. The highest BCUT2D eigenvalue weighted by atomic mass is 32.2. The molecule has 31 heavy (non-hydrogen) atoms. The minimum absolute atomic E-state index is 0.129. The van der Waals surface area contributed by atoms with Crippen LogP contribution in [0.1, 0.15) is 52.8 Å². The first-order valence-electron chi connectivity index (χ1n) is 11.2. The van der Waals surface area contributed by atoms with E-state index in [1.807, 2.05) is 0 Å². The molecule has 2 aromatic rings. The number of ketones is 1. The number of carbonyl (C=O) groups is 1. The van der Waals surface area contributed by atoms with Gasteiger partial charge in [0.1, 0.15) is 9.81 Å². The summed E-state index contributed by atoms with van der Waals surface area (Å²) in [5.41, 5.74) is 4.07. The van der Waals surface area contributed by atoms with Gasteiger partial charge in [0.25, 0.3) is 0 Å². The Morgan fingerprint density at radius 3 is 2.68 bits per heavy atom. The molecule has 2 heterocycles. The van der Waals surface area contributed by atoms with Crippen LogP contribution in [0.3, 0.4) is 0 Å². The van der Waals surface area contributed by atoms with Gasteiger partial charge < -0.3 is 9.84 Å². The Balaban J connectivity index is 1.34. The molecule has 0 unspecified atom stereocenters. The Kier molecular flexibility index (Phi) is 5.57. The van der Waals surface area contributed by atoms with E-state index in [4.69, 9.17) is 9.52 Å². The van der Waals surface area contributed by atoms with Crippen molar-refractivity contribution in [3.05, 3.63) is 51.4 Å². The fraction of sp³-hybridized carbons (Fsp3) is 0.542. The van der Waals surface area contributed by atoms with Gasteiger partial charge in [-0.2, -0.15) is 0 Å². The summed E-state index contributed by atoms with van der Waals surface area (Å²) < 4.78 is 27.0. The Bertz CT molecular complexity index is 1110. The van der Waals surface area contributed by atoms with Crippen LogP contribution in [0.15, 0.2) is 28.5 Å². The van der Waals surface area contributed by atoms with Gasteiger partial charge in [0.2, 0.25) is 0 Å². The minimum atomic E-state index is -3.23. The second-order valence-electron chi connectivity index (χ2n) is 9.37. The van der Waals surface area contributed by atoms with Gasteiger partial charge in [-0.05, 0) is 66.0 Å². The lowest BCUT2D eigenvalue weighted by atomic mass is 9.79. The molecule has 0 bridgehead atoms. The smallest absolute Gasteiger partial charge is 0.151 e. The van der Waals surface area contributed by atoms with E-state index in [1.165, 1.54) is 47.3 Å². The number of Topliss-reactive ketones (excluding diaryl/α,β-unsaturated/α-hetero) is 1. The van der Waals surface area contributed by atoms with Crippen molar-refractivity contribution in [1.29, 1.82) is 4.78 Å². The molecule has 0 spiro atoms. The van der Waals surface area contributed by atoms with E-state index in [-0.39, 0.29) is 31.2 Å². The molecule has 2 fully saturated rings. The van der Waals surface area contributed by atoms with Crippen molar-refractivity contribution in [2.45, 2.75) is 61.2 Å². The maximum atomic E-state index is 13.1. The summed E-state index contributed by atoms with van der Waals surface area (Å²) in [7, 11) is -3.23. The quantitative estimate of drug-likeness (QED) is 0.624. The summed E-state index contributed by atoms with van der Waals surface area (Å²) >= 11 is 1.17. The van der Waals surface area contributed by atoms with Crippen LogP contribution in [-0.4, -0.2) is 34.1 Å². The molecule has 2 aliphatic carbocycles. The summed E-state index contributed by atoms with van der Waals surface area (Å²) in [6.07, 6.45) is 8.35. The normalized spacial score (nSPS) is 21.7. The van der Waals surface area contributed by atoms with Crippen LogP contribution in [0, 0.1) is 10.7 Å². The number of nitrogens with one attached hydrogen (secondary N) is 1. The highest BCUT2D eigenvalue weighted by molar-refractivity contribution is 7.95. The SMILES string of the molecule is N=[S@](=O)(CC(=O)Cc1c(CC2CCC2)ccc2c1CCC2)c1ccc(C2(O)COC2)s1. The molecule has 3 aliphatic rings. The maximum absolute atomic E-state index is 13.1. The second-order valence-corrected chi connectivity index (χ2v) is 12.8. The molecule has 1 atom stereocenters. The van der Waals surface area contributed by atoms with Gasteiger partial charge in [0.05, 0.1) is 28.7 Å². The van der Waals surface area contributed by atoms with E-state index < -0.39 is 15.3 Å². The standard InChI is InChI=1S/C24H29NO4S2/c25-31(28,23-10-9-22(30-23)24(27)14-29-15-24)13-19(26)12-21-18(11-16-3-1-4-16)8-7-17-5-2-6-20(17)21/h7-10,16,25,27H,1-6,11-15H2/t31-/m0/s1. The van der Waals surface area contributed by atoms with Crippen molar-refractivity contribution in [2.75, 3.05) is 19.0 Å². The van der Waals surface area contributed by atoms with Crippen LogP contribution in [0.4, 0.5) is 0 Å². The van der Waals surface area contributed by atoms with Crippen molar-refractivity contribution in [3.63, 3.8) is 0 Å². The van der Waals surface area contributed by atoms with Gasteiger partial charge >= 0.3 is 0 Å². The van der Waals surface area contributed by atoms with E-state index >= 15 is 0 Å². The maximum Gasteiger partial charge on any atom is 0.151 e. The number of aryl methyl sites for hydroxylation is 1. The van der Waals surface area contributed by atoms with Gasteiger partial charge in [0.15, 0.2) is 5.78 Å². The number of thiophene rings is 1. The molecule has 0 radical (unpaired) electrons. The summed E-state index contributed by atoms with van der Waals surface area (Å²) in [6.45, 7) is 0.432. The summed E-state index contributed by atoms with van der Waals surface area (Å²) in [4.78, 5) is 13.7. The Morgan fingerprint density at radius 1 is 1.19 bits per heavy atom. The van der Waals surface area contributed by atoms with E-state index in [2.05, 4.69) is 12.1 Å². The molecule has 1 aromatic carbocycles. The number of rotatable bonds is 8. The van der Waals surface area contributed by atoms with E-state index in [1.54, 1.807) is 12.1 Å². The van der Waals surface area contributed by atoms with Crippen molar-refractivity contribution >= 4 is 26.8 Å². The van der Waals surface area contributed by atoms with Gasteiger partial charge in [-0.15, -0.1) is 11.3 Å². The van der Waals surface area contributed by atoms with Gasteiger partial charge in [-0.1, -0.05) is 31.4 Å². The lowest BCUT2D eigenvalue weighted by molar-refractivity contribution is -0.182. The summed E-state index contributed by atoms with van der Waals surface area (Å²) in [6, 6.07) is 7.78. The third-order valence-electron chi connectivity index (χ3n) is 7.02. The molecule has 166 valence electrons. The topological polar surface area (TPSA) is 87.5 Å². The molecule has 1 saturated heterocycles. The van der Waals surface area contributed by atoms with Gasteiger partial charge in [0, 0.05) is 11.3 Å². The zero-order valence-electron chi connectivity index (χ0n) is 17.7. The molecular weight excluding hydrogens is 430 g/mol. The number of hydrogen-bond acceptors (Lipinski definition) is 6. The highest BCUT2D eigenvalue weighted by Crippen LogP contribution is 2.37. The molecule has 1 aromatic heterocycles.